The lowest BCUT2D eigenvalue weighted by molar-refractivity contribution is 0.158. The molecule has 0 amide bonds. The molecule has 3 heteroatoms. The fourth-order valence-electron chi connectivity index (χ4n) is 2.43. The van der Waals surface area contributed by atoms with Crippen molar-refractivity contribution < 1.29 is 5.11 Å². The van der Waals surface area contributed by atoms with E-state index >= 15 is 0 Å². The average Bonchev–Trinajstić information content (AvgIpc) is 2.83. The summed E-state index contributed by atoms with van der Waals surface area (Å²) in [6, 6.07) is 14.0. The highest BCUT2D eigenvalue weighted by molar-refractivity contribution is 5.77. The first-order chi connectivity index (χ1) is 9.65. The Labute approximate surface area is 118 Å². The van der Waals surface area contributed by atoms with E-state index in [0.717, 1.165) is 16.6 Å². The van der Waals surface area contributed by atoms with Crippen LogP contribution in [0, 0.1) is 13.8 Å². The smallest absolute Gasteiger partial charge is 0.0969 e. The average molecular weight is 266 g/mol. The Hall–Kier alpha value is -2.13. The van der Waals surface area contributed by atoms with Crippen molar-refractivity contribution >= 4 is 11.0 Å². The van der Waals surface area contributed by atoms with Crippen molar-refractivity contribution in [3.63, 3.8) is 0 Å². The van der Waals surface area contributed by atoms with Crippen molar-refractivity contribution in [2.75, 3.05) is 0 Å². The minimum absolute atomic E-state index is 0.517. The highest BCUT2D eigenvalue weighted by Crippen LogP contribution is 2.21. The van der Waals surface area contributed by atoms with Gasteiger partial charge >= 0.3 is 0 Å². The van der Waals surface area contributed by atoms with Gasteiger partial charge in [-0.15, -0.1) is 0 Å². The van der Waals surface area contributed by atoms with E-state index in [1.807, 2.05) is 34.9 Å². The van der Waals surface area contributed by atoms with Crippen LogP contribution in [0.25, 0.3) is 11.0 Å². The molecule has 20 heavy (non-hydrogen) atoms. The van der Waals surface area contributed by atoms with Crippen LogP contribution >= 0.6 is 0 Å². The van der Waals surface area contributed by atoms with Crippen molar-refractivity contribution in [1.29, 1.82) is 0 Å². The van der Waals surface area contributed by atoms with Gasteiger partial charge in [0.05, 0.1) is 30.0 Å². The molecule has 0 bridgehead atoms. The van der Waals surface area contributed by atoms with Crippen LogP contribution in [-0.2, 0) is 6.54 Å². The van der Waals surface area contributed by atoms with Gasteiger partial charge in [0.15, 0.2) is 0 Å². The van der Waals surface area contributed by atoms with Crippen LogP contribution < -0.4 is 0 Å². The summed E-state index contributed by atoms with van der Waals surface area (Å²) in [5.74, 6) is 0. The van der Waals surface area contributed by atoms with E-state index in [4.69, 9.17) is 0 Å². The second-order valence-electron chi connectivity index (χ2n) is 5.25. The zero-order chi connectivity index (χ0) is 14.1. The van der Waals surface area contributed by atoms with Crippen molar-refractivity contribution in [1.82, 2.24) is 9.55 Å². The van der Waals surface area contributed by atoms with Crippen LogP contribution in [0.1, 0.15) is 22.8 Å². The first-order valence-corrected chi connectivity index (χ1v) is 6.80. The highest BCUT2D eigenvalue weighted by Gasteiger charge is 2.11. The molecule has 1 atom stereocenters. The fraction of sp³-hybridized carbons (Fsp3) is 0.235. The lowest BCUT2D eigenvalue weighted by Gasteiger charge is -2.12. The number of fused-ring (bicyclic) bond motifs is 1. The number of nitrogens with zero attached hydrogens (tertiary/aromatic N) is 2. The predicted octanol–water partition coefficient (Wildman–Crippen LogP) is 3.39. The van der Waals surface area contributed by atoms with Gasteiger partial charge in [0, 0.05) is 0 Å². The van der Waals surface area contributed by atoms with Crippen LogP contribution in [0.4, 0.5) is 0 Å². The molecular weight excluding hydrogens is 248 g/mol. The lowest BCUT2D eigenvalue weighted by atomic mass is 10.1. The molecule has 2 aromatic carbocycles. The first-order valence-electron chi connectivity index (χ1n) is 6.80. The van der Waals surface area contributed by atoms with Gasteiger partial charge in [-0.3, -0.25) is 0 Å². The highest BCUT2D eigenvalue weighted by atomic mass is 16.3. The number of aromatic nitrogens is 2. The van der Waals surface area contributed by atoms with E-state index in [-0.39, 0.29) is 0 Å². The molecule has 0 fully saturated rings. The SMILES string of the molecule is Cc1cc2ncn(C[C@@H](O)c3ccccc3)c2cc1C. The Bertz CT molecular complexity index is 731. The summed E-state index contributed by atoms with van der Waals surface area (Å²) in [5.41, 5.74) is 5.47. The van der Waals surface area contributed by atoms with E-state index in [1.165, 1.54) is 11.1 Å². The van der Waals surface area contributed by atoms with Crippen LogP contribution in [0.2, 0.25) is 0 Å². The minimum Gasteiger partial charge on any atom is -0.387 e. The number of aliphatic hydroxyl groups is 1. The predicted molar refractivity (Wildman–Crippen MR) is 80.6 cm³/mol. The molecule has 0 saturated carbocycles. The topological polar surface area (TPSA) is 38.0 Å². The molecule has 3 nitrogen and oxygen atoms in total. The van der Waals surface area contributed by atoms with Gasteiger partial charge in [-0.25, -0.2) is 4.98 Å². The Morgan fingerprint density at radius 3 is 2.55 bits per heavy atom. The number of rotatable bonds is 3. The molecular formula is C17H18N2O. The van der Waals surface area contributed by atoms with Gasteiger partial charge in [-0.2, -0.15) is 0 Å². The molecule has 0 spiro atoms. The zero-order valence-electron chi connectivity index (χ0n) is 11.7. The summed E-state index contributed by atoms with van der Waals surface area (Å²) in [5, 5.41) is 10.3. The molecule has 1 aromatic heterocycles. The molecule has 1 N–H and O–H groups in total. The van der Waals surface area contributed by atoms with Gasteiger partial charge < -0.3 is 9.67 Å². The molecule has 0 radical (unpaired) electrons. The second kappa shape index (κ2) is 5.10. The fourth-order valence-corrected chi connectivity index (χ4v) is 2.43. The number of hydrogen-bond donors (Lipinski definition) is 1. The Morgan fingerprint density at radius 2 is 1.80 bits per heavy atom. The van der Waals surface area contributed by atoms with E-state index in [1.54, 1.807) is 6.33 Å². The van der Waals surface area contributed by atoms with Crippen molar-refractivity contribution in [3.8, 4) is 0 Å². The molecule has 0 unspecified atom stereocenters. The molecule has 1 heterocycles. The molecule has 3 aromatic rings. The second-order valence-corrected chi connectivity index (χ2v) is 5.25. The van der Waals surface area contributed by atoms with Gasteiger partial charge in [-0.05, 0) is 42.7 Å². The van der Waals surface area contributed by atoms with E-state index in [0.29, 0.717) is 6.54 Å². The van der Waals surface area contributed by atoms with Crippen LogP contribution in [0.3, 0.4) is 0 Å². The summed E-state index contributed by atoms with van der Waals surface area (Å²) in [4.78, 5) is 4.42. The molecule has 3 rings (SSSR count). The molecule has 0 aliphatic carbocycles. The number of hydrogen-bond acceptors (Lipinski definition) is 2. The Balaban J connectivity index is 1.93. The lowest BCUT2D eigenvalue weighted by Crippen LogP contribution is -2.07. The maximum atomic E-state index is 10.3. The molecule has 0 aliphatic rings. The normalized spacial score (nSPS) is 12.8. The Kier molecular flexibility index (Phi) is 3.28. The Morgan fingerprint density at radius 1 is 1.10 bits per heavy atom. The number of aliphatic hydroxyl groups excluding tert-OH is 1. The van der Waals surface area contributed by atoms with Gasteiger partial charge in [0.1, 0.15) is 0 Å². The third kappa shape index (κ3) is 2.32. The van der Waals surface area contributed by atoms with Crippen molar-refractivity contribution in [3.05, 3.63) is 65.5 Å². The molecule has 0 saturated heterocycles. The standard InChI is InChI=1S/C17H18N2O/c1-12-8-15-16(9-13(12)2)19(11-18-15)10-17(20)14-6-4-3-5-7-14/h3-9,11,17,20H,10H2,1-2H3/t17-/m1/s1. The monoisotopic (exact) mass is 266 g/mol. The van der Waals surface area contributed by atoms with Crippen LogP contribution in [-0.4, -0.2) is 14.7 Å². The summed E-state index contributed by atoms with van der Waals surface area (Å²) < 4.78 is 2.01. The summed E-state index contributed by atoms with van der Waals surface area (Å²) in [7, 11) is 0. The van der Waals surface area contributed by atoms with E-state index in [9.17, 15) is 5.11 Å². The first kappa shape index (κ1) is 12.9. The third-order valence-corrected chi connectivity index (χ3v) is 3.79. The maximum absolute atomic E-state index is 10.3. The van der Waals surface area contributed by atoms with Gasteiger partial charge in [0.25, 0.3) is 0 Å². The quantitative estimate of drug-likeness (QED) is 0.789. The minimum atomic E-state index is -0.518. The van der Waals surface area contributed by atoms with Crippen LogP contribution in [0.15, 0.2) is 48.8 Å². The largest absolute Gasteiger partial charge is 0.387 e. The number of imidazole rings is 1. The third-order valence-electron chi connectivity index (χ3n) is 3.79. The van der Waals surface area contributed by atoms with Crippen molar-refractivity contribution in [2.45, 2.75) is 26.5 Å². The van der Waals surface area contributed by atoms with Crippen molar-refractivity contribution in [2.24, 2.45) is 0 Å². The van der Waals surface area contributed by atoms with Gasteiger partial charge in [0.2, 0.25) is 0 Å². The number of benzene rings is 2. The summed E-state index contributed by atoms with van der Waals surface area (Å²) >= 11 is 0. The maximum Gasteiger partial charge on any atom is 0.0969 e. The summed E-state index contributed by atoms with van der Waals surface area (Å²) in [6.07, 6.45) is 1.28. The van der Waals surface area contributed by atoms with E-state index < -0.39 is 6.10 Å². The van der Waals surface area contributed by atoms with E-state index in [2.05, 4.69) is 31.0 Å². The van der Waals surface area contributed by atoms with Crippen LogP contribution in [0.5, 0.6) is 0 Å². The number of aryl methyl sites for hydroxylation is 2. The molecule has 0 aliphatic heterocycles. The zero-order valence-corrected chi connectivity index (χ0v) is 11.7. The molecule has 102 valence electrons. The van der Waals surface area contributed by atoms with Gasteiger partial charge in [-0.1, -0.05) is 30.3 Å². The summed E-state index contributed by atoms with van der Waals surface area (Å²) in [6.45, 7) is 4.70.